The van der Waals surface area contributed by atoms with Gasteiger partial charge in [0.2, 0.25) is 5.91 Å². The minimum absolute atomic E-state index is 0.210. The van der Waals surface area contributed by atoms with Crippen molar-refractivity contribution in [2.24, 2.45) is 11.8 Å². The summed E-state index contributed by atoms with van der Waals surface area (Å²) in [5.74, 6) is -2.44. The highest BCUT2D eigenvalue weighted by atomic mass is 16.4. The molecule has 1 fully saturated rings. The maximum Gasteiger partial charge on any atom is 0.228 e. The molecule has 1 aliphatic rings. The average Bonchev–Trinajstić information content (AvgIpc) is 2.41. The van der Waals surface area contributed by atoms with Crippen molar-refractivity contribution >= 4 is 17.6 Å². The summed E-state index contributed by atoms with van der Waals surface area (Å²) >= 11 is 0. The van der Waals surface area contributed by atoms with Gasteiger partial charge < -0.3 is 15.2 Å². The summed E-state index contributed by atoms with van der Waals surface area (Å²) in [6.45, 7) is 1.97. The fourth-order valence-corrected chi connectivity index (χ4v) is 2.60. The fraction of sp³-hybridized carbons (Fsp3) is 0.467. The molecule has 2 atom stereocenters. The summed E-state index contributed by atoms with van der Waals surface area (Å²) in [6.07, 6.45) is 2.91. The van der Waals surface area contributed by atoms with Gasteiger partial charge in [0, 0.05) is 23.5 Å². The number of carboxylic acid groups (broad SMARTS) is 1. The Hall–Kier alpha value is -1.84. The van der Waals surface area contributed by atoms with Crippen LogP contribution >= 0.6 is 0 Å². The second-order valence-corrected chi connectivity index (χ2v) is 5.17. The molecule has 1 aromatic rings. The maximum absolute atomic E-state index is 12.2. The van der Waals surface area contributed by atoms with Gasteiger partial charge in [-0.1, -0.05) is 30.5 Å². The lowest BCUT2D eigenvalue weighted by molar-refractivity contribution is -0.313. The number of anilines is 1. The van der Waals surface area contributed by atoms with Crippen LogP contribution in [-0.4, -0.2) is 11.9 Å². The quantitative estimate of drug-likeness (QED) is 0.895. The van der Waals surface area contributed by atoms with Crippen molar-refractivity contribution in [2.75, 3.05) is 5.32 Å². The third kappa shape index (κ3) is 3.34. The van der Waals surface area contributed by atoms with Gasteiger partial charge in [-0.15, -0.1) is 0 Å². The third-order valence-corrected chi connectivity index (χ3v) is 3.72. The zero-order chi connectivity index (χ0) is 13.8. The van der Waals surface area contributed by atoms with Crippen molar-refractivity contribution in [2.45, 2.75) is 32.6 Å². The first kappa shape index (κ1) is 13.6. The van der Waals surface area contributed by atoms with Crippen LogP contribution in [0.15, 0.2) is 24.3 Å². The SMILES string of the molecule is Cc1ccc(NC(=O)[C@H]2CCCC[C@@H]2C(=O)[O-])cc1. The first-order chi connectivity index (χ1) is 9.08. The van der Waals surface area contributed by atoms with Gasteiger partial charge in [0.1, 0.15) is 0 Å². The highest BCUT2D eigenvalue weighted by Crippen LogP contribution is 2.30. The predicted octanol–water partition coefficient (Wildman–Crippen LogP) is 1.49. The normalized spacial score (nSPS) is 22.8. The Morgan fingerprint density at radius 1 is 1.11 bits per heavy atom. The van der Waals surface area contributed by atoms with E-state index in [4.69, 9.17) is 0 Å². The molecule has 0 aliphatic heterocycles. The molecule has 1 aromatic carbocycles. The predicted molar refractivity (Wildman–Crippen MR) is 70.3 cm³/mol. The summed E-state index contributed by atoms with van der Waals surface area (Å²) < 4.78 is 0. The molecular formula is C15H18NO3-. The largest absolute Gasteiger partial charge is 0.550 e. The van der Waals surface area contributed by atoms with E-state index in [-0.39, 0.29) is 5.91 Å². The average molecular weight is 260 g/mol. The molecule has 0 saturated heterocycles. The van der Waals surface area contributed by atoms with Gasteiger partial charge >= 0.3 is 0 Å². The Balaban J connectivity index is 2.05. The fourth-order valence-electron chi connectivity index (χ4n) is 2.60. The molecule has 1 amide bonds. The molecule has 1 N–H and O–H groups in total. The highest BCUT2D eigenvalue weighted by Gasteiger charge is 2.31. The molecule has 4 nitrogen and oxygen atoms in total. The number of carbonyl (C=O) groups is 2. The van der Waals surface area contributed by atoms with Crippen molar-refractivity contribution in [3.63, 3.8) is 0 Å². The second kappa shape index (κ2) is 5.87. The molecule has 0 unspecified atom stereocenters. The van der Waals surface area contributed by atoms with Gasteiger partial charge in [0.05, 0.1) is 0 Å². The summed E-state index contributed by atoms with van der Waals surface area (Å²) in [7, 11) is 0. The van der Waals surface area contributed by atoms with Gasteiger partial charge in [0.15, 0.2) is 0 Å². The Bertz CT molecular complexity index is 467. The van der Waals surface area contributed by atoms with Crippen LogP contribution in [0, 0.1) is 18.8 Å². The number of hydrogen-bond donors (Lipinski definition) is 1. The van der Waals surface area contributed by atoms with E-state index in [1.165, 1.54) is 0 Å². The topological polar surface area (TPSA) is 69.2 Å². The van der Waals surface area contributed by atoms with Crippen molar-refractivity contribution in [1.82, 2.24) is 0 Å². The molecule has 1 aliphatic carbocycles. The molecular weight excluding hydrogens is 242 g/mol. The third-order valence-electron chi connectivity index (χ3n) is 3.72. The first-order valence-electron chi connectivity index (χ1n) is 6.66. The number of nitrogens with one attached hydrogen (secondary N) is 1. The lowest BCUT2D eigenvalue weighted by Crippen LogP contribution is -2.42. The zero-order valence-electron chi connectivity index (χ0n) is 11.0. The monoisotopic (exact) mass is 260 g/mol. The van der Waals surface area contributed by atoms with Gasteiger partial charge in [0.25, 0.3) is 0 Å². The highest BCUT2D eigenvalue weighted by molar-refractivity contribution is 5.95. The van der Waals surface area contributed by atoms with E-state index in [0.29, 0.717) is 18.5 Å². The van der Waals surface area contributed by atoms with Crippen LogP contribution in [0.5, 0.6) is 0 Å². The van der Waals surface area contributed by atoms with Gasteiger partial charge in [-0.2, -0.15) is 0 Å². The van der Waals surface area contributed by atoms with E-state index in [9.17, 15) is 14.7 Å². The molecule has 0 aromatic heterocycles. The van der Waals surface area contributed by atoms with E-state index in [1.807, 2.05) is 31.2 Å². The second-order valence-electron chi connectivity index (χ2n) is 5.17. The number of benzene rings is 1. The summed E-state index contributed by atoms with van der Waals surface area (Å²) in [6, 6.07) is 7.47. The van der Waals surface area contributed by atoms with E-state index in [0.717, 1.165) is 18.4 Å². The molecule has 0 heterocycles. The zero-order valence-corrected chi connectivity index (χ0v) is 11.0. The number of carboxylic acids is 1. The lowest BCUT2D eigenvalue weighted by Gasteiger charge is -2.31. The van der Waals surface area contributed by atoms with Crippen molar-refractivity contribution in [3.8, 4) is 0 Å². The number of hydrogen-bond acceptors (Lipinski definition) is 3. The van der Waals surface area contributed by atoms with Crippen LogP contribution in [0.2, 0.25) is 0 Å². The molecule has 4 heteroatoms. The summed E-state index contributed by atoms with van der Waals surface area (Å²) in [4.78, 5) is 23.2. The minimum Gasteiger partial charge on any atom is -0.550 e. The Morgan fingerprint density at radius 3 is 2.26 bits per heavy atom. The minimum atomic E-state index is -1.11. The van der Waals surface area contributed by atoms with Gasteiger partial charge in [-0.25, -0.2) is 0 Å². The number of aryl methyl sites for hydroxylation is 1. The van der Waals surface area contributed by atoms with Crippen molar-refractivity contribution in [1.29, 1.82) is 0 Å². The van der Waals surface area contributed by atoms with Crippen molar-refractivity contribution < 1.29 is 14.7 Å². The summed E-state index contributed by atoms with van der Waals surface area (Å²) in [5.41, 5.74) is 1.82. The van der Waals surface area contributed by atoms with E-state index in [1.54, 1.807) is 0 Å². The number of carbonyl (C=O) groups excluding carboxylic acids is 2. The van der Waals surface area contributed by atoms with Gasteiger partial charge in [-0.3, -0.25) is 4.79 Å². The molecule has 1 saturated carbocycles. The Morgan fingerprint density at radius 2 is 1.68 bits per heavy atom. The van der Waals surface area contributed by atoms with Crippen LogP contribution in [0.25, 0.3) is 0 Å². The molecule has 0 radical (unpaired) electrons. The van der Waals surface area contributed by atoms with E-state index in [2.05, 4.69) is 5.32 Å². The molecule has 2 rings (SSSR count). The van der Waals surface area contributed by atoms with E-state index >= 15 is 0 Å². The number of amides is 1. The smallest absolute Gasteiger partial charge is 0.228 e. The first-order valence-corrected chi connectivity index (χ1v) is 6.66. The molecule has 102 valence electrons. The van der Waals surface area contributed by atoms with E-state index < -0.39 is 17.8 Å². The summed E-state index contributed by atoms with van der Waals surface area (Å²) in [5, 5.41) is 13.9. The van der Waals surface area contributed by atoms with Crippen LogP contribution in [0.1, 0.15) is 31.2 Å². The van der Waals surface area contributed by atoms with Crippen LogP contribution in [0.4, 0.5) is 5.69 Å². The molecule has 0 spiro atoms. The number of rotatable bonds is 3. The maximum atomic E-state index is 12.2. The van der Waals surface area contributed by atoms with Crippen LogP contribution < -0.4 is 10.4 Å². The lowest BCUT2D eigenvalue weighted by atomic mass is 9.78. The number of aliphatic carboxylic acids is 1. The van der Waals surface area contributed by atoms with Crippen LogP contribution in [0.3, 0.4) is 0 Å². The van der Waals surface area contributed by atoms with Crippen molar-refractivity contribution in [3.05, 3.63) is 29.8 Å². The standard InChI is InChI=1S/C15H19NO3/c1-10-6-8-11(9-7-10)16-14(17)12-4-2-3-5-13(12)15(18)19/h6-9,12-13H,2-5H2,1H3,(H,16,17)(H,18,19)/p-1/t12-,13-/m0/s1. The van der Waals surface area contributed by atoms with Crippen LogP contribution in [-0.2, 0) is 9.59 Å². The molecule has 0 bridgehead atoms. The van der Waals surface area contributed by atoms with Gasteiger partial charge in [-0.05, 0) is 31.9 Å². The molecule has 19 heavy (non-hydrogen) atoms. The Kier molecular flexibility index (Phi) is 4.20. The Labute approximate surface area is 112 Å².